The van der Waals surface area contributed by atoms with Gasteiger partial charge in [0.1, 0.15) is 5.82 Å². The molecule has 4 aromatic rings. The van der Waals surface area contributed by atoms with E-state index in [1.165, 1.54) is 5.39 Å². The van der Waals surface area contributed by atoms with Crippen molar-refractivity contribution < 1.29 is 0 Å². The number of halogens is 1. The largest absolute Gasteiger partial charge is 0.340 e. The average molecular weight is 312 g/mol. The highest BCUT2D eigenvalue weighted by molar-refractivity contribution is 9.10. The maximum absolute atomic E-state index is 4.47. The maximum atomic E-state index is 4.47. The van der Waals surface area contributed by atoms with Crippen molar-refractivity contribution in [3.8, 4) is 5.82 Å². The Labute approximate surface area is 118 Å². The summed E-state index contributed by atoms with van der Waals surface area (Å²) < 4.78 is 2.98. The molecule has 0 aliphatic carbocycles. The van der Waals surface area contributed by atoms with Crippen molar-refractivity contribution in [3.63, 3.8) is 0 Å². The molecular formula is C15H10BrN3. The van der Waals surface area contributed by atoms with E-state index in [2.05, 4.69) is 56.3 Å². The molecule has 4 heteroatoms. The lowest BCUT2D eigenvalue weighted by Crippen LogP contribution is -1.95. The first-order chi connectivity index (χ1) is 9.31. The van der Waals surface area contributed by atoms with Crippen molar-refractivity contribution >= 4 is 37.7 Å². The topological polar surface area (TPSA) is 33.6 Å². The van der Waals surface area contributed by atoms with Gasteiger partial charge in [-0.05, 0) is 24.3 Å². The molecule has 0 saturated heterocycles. The smallest absolute Gasteiger partial charge is 0.133 e. The molecule has 0 bridgehead atoms. The number of para-hydroxylation sites is 1. The van der Waals surface area contributed by atoms with E-state index in [-0.39, 0.29) is 0 Å². The zero-order valence-electron chi connectivity index (χ0n) is 9.97. The minimum atomic E-state index is 0.981. The molecule has 2 heterocycles. The van der Waals surface area contributed by atoms with E-state index in [1.54, 1.807) is 0 Å². The van der Waals surface area contributed by atoms with E-state index >= 15 is 0 Å². The molecule has 0 aliphatic rings. The fourth-order valence-corrected chi connectivity index (χ4v) is 2.70. The fourth-order valence-electron chi connectivity index (χ4n) is 2.36. The Morgan fingerprint density at radius 1 is 1.00 bits per heavy atom. The van der Waals surface area contributed by atoms with Gasteiger partial charge in [-0.2, -0.15) is 5.10 Å². The number of aromatic nitrogens is 3. The number of nitrogens with one attached hydrogen (secondary N) is 1. The summed E-state index contributed by atoms with van der Waals surface area (Å²) in [6, 6.07) is 16.5. The van der Waals surface area contributed by atoms with Crippen LogP contribution >= 0.6 is 15.9 Å². The summed E-state index contributed by atoms with van der Waals surface area (Å²) in [5, 5.41) is 6.78. The normalized spacial score (nSPS) is 11.4. The van der Waals surface area contributed by atoms with Gasteiger partial charge in [0.2, 0.25) is 0 Å². The zero-order chi connectivity index (χ0) is 12.8. The highest BCUT2D eigenvalue weighted by atomic mass is 79.9. The SMILES string of the molecule is Brc1ccc2cnn(-c3cc4ccccc4[nH]3)c2c1. The van der Waals surface area contributed by atoms with E-state index in [1.807, 2.05) is 29.1 Å². The number of hydrogen-bond acceptors (Lipinski definition) is 1. The molecule has 92 valence electrons. The molecule has 0 unspecified atom stereocenters. The second kappa shape index (κ2) is 3.96. The third-order valence-electron chi connectivity index (χ3n) is 3.28. The van der Waals surface area contributed by atoms with Crippen molar-refractivity contribution in [3.05, 3.63) is 59.2 Å². The highest BCUT2D eigenvalue weighted by Crippen LogP contribution is 2.24. The molecule has 0 amide bonds. The van der Waals surface area contributed by atoms with Gasteiger partial charge in [-0.25, -0.2) is 4.68 Å². The van der Waals surface area contributed by atoms with E-state index in [0.29, 0.717) is 0 Å². The molecule has 0 saturated carbocycles. The minimum absolute atomic E-state index is 0.981. The zero-order valence-corrected chi connectivity index (χ0v) is 11.6. The predicted octanol–water partition coefficient (Wildman–Crippen LogP) is 4.27. The first-order valence-electron chi connectivity index (χ1n) is 6.03. The van der Waals surface area contributed by atoms with Crippen LogP contribution in [0.15, 0.2) is 59.2 Å². The van der Waals surface area contributed by atoms with E-state index in [4.69, 9.17) is 0 Å². The molecule has 0 radical (unpaired) electrons. The van der Waals surface area contributed by atoms with Gasteiger partial charge in [-0.15, -0.1) is 0 Å². The van der Waals surface area contributed by atoms with Gasteiger partial charge in [-0.3, -0.25) is 0 Å². The Bertz CT molecular complexity index is 856. The van der Waals surface area contributed by atoms with Gasteiger partial charge in [0.05, 0.1) is 11.7 Å². The second-order valence-corrected chi connectivity index (χ2v) is 5.42. The Balaban J connectivity index is 2.00. The summed E-state index contributed by atoms with van der Waals surface area (Å²) in [4.78, 5) is 3.39. The molecule has 0 spiro atoms. The maximum Gasteiger partial charge on any atom is 0.133 e. The first kappa shape index (κ1) is 10.8. The molecule has 2 aromatic heterocycles. The van der Waals surface area contributed by atoms with Gasteiger partial charge in [0.15, 0.2) is 0 Å². The van der Waals surface area contributed by atoms with Gasteiger partial charge in [0, 0.05) is 20.8 Å². The quantitative estimate of drug-likeness (QED) is 0.559. The molecule has 1 N–H and O–H groups in total. The monoisotopic (exact) mass is 311 g/mol. The highest BCUT2D eigenvalue weighted by Gasteiger charge is 2.07. The summed E-state index contributed by atoms with van der Waals surface area (Å²) in [6.45, 7) is 0. The van der Waals surface area contributed by atoms with Crippen LogP contribution in [0.25, 0.3) is 27.6 Å². The molecule has 0 aliphatic heterocycles. The van der Waals surface area contributed by atoms with Crippen molar-refractivity contribution in [2.24, 2.45) is 0 Å². The molecular weight excluding hydrogens is 302 g/mol. The summed E-state index contributed by atoms with van der Waals surface area (Å²) in [5.41, 5.74) is 2.21. The summed E-state index contributed by atoms with van der Waals surface area (Å²) in [5.74, 6) is 0.981. The number of fused-ring (bicyclic) bond motifs is 2. The van der Waals surface area contributed by atoms with Gasteiger partial charge >= 0.3 is 0 Å². The number of rotatable bonds is 1. The first-order valence-corrected chi connectivity index (χ1v) is 6.82. The summed E-state index contributed by atoms with van der Waals surface area (Å²) in [6.07, 6.45) is 1.88. The van der Waals surface area contributed by atoms with Crippen molar-refractivity contribution in [2.75, 3.05) is 0 Å². The second-order valence-electron chi connectivity index (χ2n) is 4.50. The molecule has 4 rings (SSSR count). The van der Waals surface area contributed by atoms with E-state index in [0.717, 1.165) is 26.7 Å². The van der Waals surface area contributed by atoms with Crippen LogP contribution in [0, 0.1) is 0 Å². The Morgan fingerprint density at radius 2 is 1.89 bits per heavy atom. The Hall–Kier alpha value is -2.07. The number of aromatic amines is 1. The third-order valence-corrected chi connectivity index (χ3v) is 3.77. The molecule has 2 aromatic carbocycles. The lowest BCUT2D eigenvalue weighted by Gasteiger charge is -2.00. The summed E-state index contributed by atoms with van der Waals surface area (Å²) in [7, 11) is 0. The minimum Gasteiger partial charge on any atom is -0.340 e. The van der Waals surface area contributed by atoms with Crippen LogP contribution in [0.1, 0.15) is 0 Å². The van der Waals surface area contributed by atoms with E-state index < -0.39 is 0 Å². The number of hydrogen-bond donors (Lipinski definition) is 1. The van der Waals surface area contributed by atoms with Gasteiger partial charge in [-0.1, -0.05) is 40.2 Å². The predicted molar refractivity (Wildman–Crippen MR) is 80.6 cm³/mol. The number of nitrogens with zero attached hydrogens (tertiary/aromatic N) is 2. The van der Waals surface area contributed by atoms with Crippen LogP contribution in [0.2, 0.25) is 0 Å². The molecule has 0 fully saturated rings. The average Bonchev–Trinajstić information content (AvgIpc) is 3.00. The van der Waals surface area contributed by atoms with Crippen LogP contribution in [0.3, 0.4) is 0 Å². The number of H-pyrrole nitrogens is 1. The lowest BCUT2D eigenvalue weighted by molar-refractivity contribution is 0.886. The Kier molecular flexibility index (Phi) is 2.26. The van der Waals surface area contributed by atoms with Crippen LogP contribution in [-0.2, 0) is 0 Å². The van der Waals surface area contributed by atoms with Crippen molar-refractivity contribution in [1.82, 2.24) is 14.8 Å². The lowest BCUT2D eigenvalue weighted by atomic mass is 10.2. The van der Waals surface area contributed by atoms with E-state index in [9.17, 15) is 0 Å². The van der Waals surface area contributed by atoms with Gasteiger partial charge < -0.3 is 4.98 Å². The Morgan fingerprint density at radius 3 is 2.79 bits per heavy atom. The molecule has 19 heavy (non-hydrogen) atoms. The number of benzene rings is 2. The van der Waals surface area contributed by atoms with Crippen LogP contribution < -0.4 is 0 Å². The van der Waals surface area contributed by atoms with Crippen LogP contribution in [-0.4, -0.2) is 14.8 Å². The summed E-state index contributed by atoms with van der Waals surface area (Å²) >= 11 is 3.51. The van der Waals surface area contributed by atoms with Crippen LogP contribution in [0.5, 0.6) is 0 Å². The third kappa shape index (κ3) is 1.68. The standard InChI is InChI=1S/C15H10BrN3/c16-12-6-5-11-9-17-19(14(11)8-12)15-7-10-3-1-2-4-13(10)18-15/h1-9,18H. The van der Waals surface area contributed by atoms with Crippen molar-refractivity contribution in [2.45, 2.75) is 0 Å². The van der Waals surface area contributed by atoms with Crippen LogP contribution in [0.4, 0.5) is 0 Å². The van der Waals surface area contributed by atoms with Crippen molar-refractivity contribution in [1.29, 1.82) is 0 Å². The molecule has 0 atom stereocenters. The van der Waals surface area contributed by atoms with Gasteiger partial charge in [0.25, 0.3) is 0 Å². The fraction of sp³-hybridized carbons (Fsp3) is 0. The molecule has 3 nitrogen and oxygen atoms in total.